The second kappa shape index (κ2) is 11.1. The SMILES string of the molecule is CC(C)CN(CC(=O)N(Cc1ccc(F)cc1)Cc1ccco1)S(=O)(=O)c1ccc(Br)cc1. The normalized spacial score (nSPS) is 11.8. The Morgan fingerprint density at radius 1 is 1.03 bits per heavy atom. The number of nitrogens with zero attached hydrogens (tertiary/aromatic N) is 2. The van der Waals surface area contributed by atoms with E-state index in [1.165, 1.54) is 39.7 Å². The average molecular weight is 537 g/mol. The summed E-state index contributed by atoms with van der Waals surface area (Å²) in [4.78, 5) is 15.0. The average Bonchev–Trinajstić information content (AvgIpc) is 3.27. The molecule has 0 atom stereocenters. The van der Waals surface area contributed by atoms with Crippen molar-refractivity contribution in [3.63, 3.8) is 0 Å². The molecule has 0 unspecified atom stereocenters. The number of halogens is 2. The van der Waals surface area contributed by atoms with Crippen LogP contribution in [-0.2, 0) is 27.9 Å². The molecule has 0 saturated carbocycles. The summed E-state index contributed by atoms with van der Waals surface area (Å²) < 4.78 is 47.4. The third-order valence-electron chi connectivity index (χ3n) is 4.90. The van der Waals surface area contributed by atoms with Crippen LogP contribution in [0.3, 0.4) is 0 Å². The molecular formula is C24H26BrFN2O4S. The number of benzene rings is 2. The van der Waals surface area contributed by atoms with Gasteiger partial charge in [-0.05, 0) is 60.0 Å². The summed E-state index contributed by atoms with van der Waals surface area (Å²) in [5.74, 6) is -0.168. The van der Waals surface area contributed by atoms with Crippen LogP contribution in [0.2, 0.25) is 0 Å². The maximum Gasteiger partial charge on any atom is 0.243 e. The van der Waals surface area contributed by atoms with Crippen LogP contribution in [0, 0.1) is 11.7 Å². The van der Waals surface area contributed by atoms with E-state index < -0.39 is 10.0 Å². The molecule has 0 aliphatic heterocycles. The molecule has 0 radical (unpaired) electrons. The van der Waals surface area contributed by atoms with Gasteiger partial charge < -0.3 is 9.32 Å². The molecule has 0 saturated heterocycles. The van der Waals surface area contributed by atoms with Crippen LogP contribution >= 0.6 is 15.9 Å². The topological polar surface area (TPSA) is 70.8 Å². The molecule has 3 rings (SSSR count). The molecule has 1 aromatic heterocycles. The minimum atomic E-state index is -3.89. The minimum absolute atomic E-state index is 0.0126. The van der Waals surface area contributed by atoms with Crippen LogP contribution in [0.5, 0.6) is 0 Å². The van der Waals surface area contributed by atoms with Gasteiger partial charge in [-0.3, -0.25) is 4.79 Å². The number of hydrogen-bond donors (Lipinski definition) is 0. The first-order valence-corrected chi connectivity index (χ1v) is 12.7. The van der Waals surface area contributed by atoms with E-state index in [0.717, 1.165) is 10.0 Å². The lowest BCUT2D eigenvalue weighted by molar-refractivity contribution is -0.133. The molecule has 0 N–H and O–H groups in total. The Balaban J connectivity index is 1.86. The third kappa shape index (κ3) is 6.99. The number of carbonyl (C=O) groups excluding carboxylic acids is 1. The standard InChI is InChI=1S/C24H26BrFN2O4S/c1-18(2)14-28(33(30,31)23-11-7-20(25)8-12-23)17-24(29)27(16-22-4-3-13-32-22)15-19-5-9-21(26)10-6-19/h3-13,18H,14-17H2,1-2H3. The largest absolute Gasteiger partial charge is 0.467 e. The van der Waals surface area contributed by atoms with Crippen molar-refractivity contribution < 1.29 is 22.0 Å². The van der Waals surface area contributed by atoms with Gasteiger partial charge in [-0.1, -0.05) is 41.9 Å². The Hall–Kier alpha value is -2.49. The van der Waals surface area contributed by atoms with E-state index in [0.29, 0.717) is 5.76 Å². The summed E-state index contributed by atoms with van der Waals surface area (Å²) in [6.45, 7) is 4.01. The second-order valence-corrected chi connectivity index (χ2v) is 11.0. The summed E-state index contributed by atoms with van der Waals surface area (Å²) in [6.07, 6.45) is 1.51. The molecule has 0 fully saturated rings. The molecule has 9 heteroatoms. The van der Waals surface area contributed by atoms with Crippen LogP contribution in [0.25, 0.3) is 0 Å². The van der Waals surface area contributed by atoms with Crippen molar-refractivity contribution in [3.8, 4) is 0 Å². The maximum absolute atomic E-state index is 13.4. The van der Waals surface area contributed by atoms with Gasteiger partial charge in [0.15, 0.2) is 0 Å². The number of rotatable bonds is 10. The zero-order valence-corrected chi connectivity index (χ0v) is 20.9. The van der Waals surface area contributed by atoms with Crippen LogP contribution in [0.15, 0.2) is 80.7 Å². The van der Waals surface area contributed by atoms with Gasteiger partial charge in [-0.25, -0.2) is 12.8 Å². The van der Waals surface area contributed by atoms with E-state index in [-0.39, 0.29) is 48.7 Å². The Labute approximate surface area is 202 Å². The monoisotopic (exact) mass is 536 g/mol. The number of carbonyl (C=O) groups is 1. The highest BCUT2D eigenvalue weighted by Gasteiger charge is 2.29. The van der Waals surface area contributed by atoms with E-state index in [9.17, 15) is 17.6 Å². The van der Waals surface area contributed by atoms with E-state index in [1.807, 2.05) is 13.8 Å². The van der Waals surface area contributed by atoms with Crippen LogP contribution < -0.4 is 0 Å². The predicted molar refractivity (Wildman–Crippen MR) is 127 cm³/mol. The lowest BCUT2D eigenvalue weighted by atomic mass is 10.2. The van der Waals surface area contributed by atoms with Crippen molar-refractivity contribution in [3.05, 3.63) is 88.5 Å². The van der Waals surface area contributed by atoms with Gasteiger partial charge in [0.05, 0.1) is 24.2 Å². The summed E-state index contributed by atoms with van der Waals surface area (Å²) in [5.41, 5.74) is 0.725. The molecule has 1 heterocycles. The molecule has 2 aromatic carbocycles. The number of furan rings is 1. The van der Waals surface area contributed by atoms with Gasteiger partial charge in [0.2, 0.25) is 15.9 Å². The third-order valence-corrected chi connectivity index (χ3v) is 7.25. The fourth-order valence-electron chi connectivity index (χ4n) is 3.29. The van der Waals surface area contributed by atoms with Crippen molar-refractivity contribution in [2.24, 2.45) is 5.92 Å². The first-order chi connectivity index (χ1) is 15.6. The van der Waals surface area contributed by atoms with E-state index in [2.05, 4.69) is 15.9 Å². The fourth-order valence-corrected chi connectivity index (χ4v) is 5.11. The number of amides is 1. The molecule has 0 bridgehead atoms. The fraction of sp³-hybridized carbons (Fsp3) is 0.292. The number of sulfonamides is 1. The summed E-state index contributed by atoms with van der Waals surface area (Å²) in [5, 5.41) is 0. The highest BCUT2D eigenvalue weighted by molar-refractivity contribution is 9.10. The van der Waals surface area contributed by atoms with Crippen LogP contribution in [0.4, 0.5) is 4.39 Å². The maximum atomic E-state index is 13.4. The van der Waals surface area contributed by atoms with Crippen molar-refractivity contribution in [1.29, 1.82) is 0 Å². The highest BCUT2D eigenvalue weighted by atomic mass is 79.9. The molecule has 0 aliphatic rings. The van der Waals surface area contributed by atoms with E-state index in [1.54, 1.807) is 36.4 Å². The molecule has 0 spiro atoms. The Morgan fingerprint density at radius 2 is 1.70 bits per heavy atom. The number of hydrogen-bond acceptors (Lipinski definition) is 4. The van der Waals surface area contributed by atoms with Crippen LogP contribution in [0.1, 0.15) is 25.2 Å². The van der Waals surface area contributed by atoms with Gasteiger partial charge in [0.1, 0.15) is 11.6 Å². The first kappa shape index (κ1) is 25.1. The molecular weight excluding hydrogens is 511 g/mol. The molecule has 6 nitrogen and oxygen atoms in total. The molecule has 33 heavy (non-hydrogen) atoms. The smallest absolute Gasteiger partial charge is 0.243 e. The van der Waals surface area contributed by atoms with Gasteiger partial charge in [0, 0.05) is 17.6 Å². The Morgan fingerprint density at radius 3 is 2.27 bits per heavy atom. The quantitative estimate of drug-likeness (QED) is 0.363. The van der Waals surface area contributed by atoms with Gasteiger partial charge in [-0.2, -0.15) is 4.31 Å². The summed E-state index contributed by atoms with van der Waals surface area (Å²) in [6, 6.07) is 15.6. The highest BCUT2D eigenvalue weighted by Crippen LogP contribution is 2.21. The van der Waals surface area contributed by atoms with Crippen molar-refractivity contribution in [1.82, 2.24) is 9.21 Å². The summed E-state index contributed by atoms with van der Waals surface area (Å²) in [7, 11) is -3.89. The molecule has 176 valence electrons. The molecule has 3 aromatic rings. The van der Waals surface area contributed by atoms with Gasteiger partial charge >= 0.3 is 0 Å². The molecule has 1 amide bonds. The van der Waals surface area contributed by atoms with E-state index in [4.69, 9.17) is 4.42 Å². The second-order valence-electron chi connectivity index (χ2n) is 8.10. The van der Waals surface area contributed by atoms with Crippen molar-refractivity contribution in [2.75, 3.05) is 13.1 Å². The lowest BCUT2D eigenvalue weighted by Gasteiger charge is -2.28. The van der Waals surface area contributed by atoms with Gasteiger partial charge in [-0.15, -0.1) is 0 Å². The van der Waals surface area contributed by atoms with Gasteiger partial charge in [0.25, 0.3) is 0 Å². The Kier molecular flexibility index (Phi) is 8.45. The minimum Gasteiger partial charge on any atom is -0.467 e. The summed E-state index contributed by atoms with van der Waals surface area (Å²) >= 11 is 3.31. The first-order valence-electron chi connectivity index (χ1n) is 10.5. The predicted octanol–water partition coefficient (Wildman–Crippen LogP) is 5.06. The zero-order valence-electron chi connectivity index (χ0n) is 18.4. The zero-order chi connectivity index (χ0) is 24.0. The van der Waals surface area contributed by atoms with Crippen molar-refractivity contribution in [2.45, 2.75) is 31.8 Å². The lowest BCUT2D eigenvalue weighted by Crippen LogP contribution is -2.43. The van der Waals surface area contributed by atoms with E-state index >= 15 is 0 Å². The molecule has 0 aliphatic carbocycles. The Bertz CT molecular complexity index is 1150. The van der Waals surface area contributed by atoms with Crippen molar-refractivity contribution >= 4 is 31.9 Å². The van der Waals surface area contributed by atoms with Crippen LogP contribution in [-0.4, -0.2) is 36.6 Å².